The van der Waals surface area contributed by atoms with Gasteiger partial charge in [-0.05, 0) is 31.0 Å². The predicted octanol–water partition coefficient (Wildman–Crippen LogP) is 1.29. The average molecular weight is 309 g/mol. The molecule has 2 heterocycles. The molecule has 21 heavy (non-hydrogen) atoms. The molecule has 0 aliphatic carbocycles. The fourth-order valence-electron chi connectivity index (χ4n) is 2.97. The number of likely N-dealkylation sites (tertiary alicyclic amines) is 1. The van der Waals surface area contributed by atoms with Crippen LogP contribution < -0.4 is 4.90 Å². The van der Waals surface area contributed by atoms with Gasteiger partial charge in [0.05, 0.1) is 6.10 Å². The Bertz CT molecular complexity index is 578. The smallest absolute Gasteiger partial charge is 0.239 e. The molecule has 2 aliphatic heterocycles. The normalized spacial score (nSPS) is 25.7. The molecule has 2 amide bonds. The maximum Gasteiger partial charge on any atom is 0.239 e. The van der Waals surface area contributed by atoms with Crippen molar-refractivity contribution < 1.29 is 14.7 Å². The van der Waals surface area contributed by atoms with Gasteiger partial charge in [0.25, 0.3) is 0 Å². The molecular formula is C15H17ClN2O3. The first-order chi connectivity index (χ1) is 10.1. The van der Waals surface area contributed by atoms with Gasteiger partial charge in [-0.2, -0.15) is 0 Å². The highest BCUT2D eigenvalue weighted by atomic mass is 35.5. The van der Waals surface area contributed by atoms with Crippen LogP contribution in [0.2, 0.25) is 5.02 Å². The fraction of sp³-hybridized carbons (Fsp3) is 0.467. The first-order valence-corrected chi connectivity index (χ1v) is 7.48. The lowest BCUT2D eigenvalue weighted by atomic mass is 10.1. The van der Waals surface area contributed by atoms with Crippen LogP contribution in [0.4, 0.5) is 5.69 Å². The molecule has 2 saturated heterocycles. The third kappa shape index (κ3) is 2.76. The van der Waals surface area contributed by atoms with Crippen molar-refractivity contribution in [2.24, 2.45) is 5.92 Å². The van der Waals surface area contributed by atoms with Gasteiger partial charge in [-0.15, -0.1) is 0 Å². The molecule has 5 nitrogen and oxygen atoms in total. The second-order valence-electron chi connectivity index (χ2n) is 5.54. The Morgan fingerprint density at radius 1 is 1.29 bits per heavy atom. The van der Waals surface area contributed by atoms with E-state index in [0.717, 1.165) is 5.69 Å². The number of carbonyl (C=O) groups is 2. The van der Waals surface area contributed by atoms with Gasteiger partial charge in [-0.1, -0.05) is 17.7 Å². The van der Waals surface area contributed by atoms with Gasteiger partial charge in [0.15, 0.2) is 0 Å². The van der Waals surface area contributed by atoms with Gasteiger partial charge in [-0.25, -0.2) is 0 Å². The lowest BCUT2D eigenvalue weighted by molar-refractivity contribution is -0.139. The Hall–Kier alpha value is -1.59. The Morgan fingerprint density at radius 2 is 2.10 bits per heavy atom. The number of halogens is 1. The molecule has 0 bridgehead atoms. The van der Waals surface area contributed by atoms with E-state index >= 15 is 0 Å². The summed E-state index contributed by atoms with van der Waals surface area (Å²) >= 11 is 5.95. The molecule has 1 unspecified atom stereocenters. The zero-order valence-electron chi connectivity index (χ0n) is 11.5. The number of amides is 2. The van der Waals surface area contributed by atoms with E-state index in [4.69, 9.17) is 11.6 Å². The van der Waals surface area contributed by atoms with E-state index in [1.165, 1.54) is 0 Å². The zero-order chi connectivity index (χ0) is 15.0. The summed E-state index contributed by atoms with van der Waals surface area (Å²) in [7, 11) is 0. The molecule has 0 aromatic heterocycles. The van der Waals surface area contributed by atoms with Gasteiger partial charge < -0.3 is 14.9 Å². The van der Waals surface area contributed by atoms with Crippen LogP contribution in [0.5, 0.6) is 0 Å². The van der Waals surface area contributed by atoms with Gasteiger partial charge in [0.2, 0.25) is 11.8 Å². The second-order valence-corrected chi connectivity index (χ2v) is 5.97. The second kappa shape index (κ2) is 5.66. The minimum Gasteiger partial charge on any atom is -0.391 e. The summed E-state index contributed by atoms with van der Waals surface area (Å²) < 4.78 is 0. The molecule has 0 saturated carbocycles. The van der Waals surface area contributed by atoms with E-state index in [-0.39, 0.29) is 11.8 Å². The highest BCUT2D eigenvalue weighted by Crippen LogP contribution is 2.29. The number of hydrogen-bond acceptors (Lipinski definition) is 3. The molecule has 3 rings (SSSR count). The highest BCUT2D eigenvalue weighted by molar-refractivity contribution is 6.31. The number of nitrogens with zero attached hydrogens (tertiary/aromatic N) is 2. The third-order valence-electron chi connectivity index (χ3n) is 4.10. The van der Waals surface area contributed by atoms with Gasteiger partial charge in [-0.3, -0.25) is 9.59 Å². The number of hydrogen-bond donors (Lipinski definition) is 1. The molecule has 2 aliphatic rings. The van der Waals surface area contributed by atoms with E-state index in [1.54, 1.807) is 28.0 Å². The van der Waals surface area contributed by atoms with E-state index < -0.39 is 12.0 Å². The van der Waals surface area contributed by atoms with Crippen LogP contribution in [0.25, 0.3) is 0 Å². The highest BCUT2D eigenvalue weighted by Gasteiger charge is 2.41. The van der Waals surface area contributed by atoms with Crippen molar-refractivity contribution in [3.8, 4) is 0 Å². The topological polar surface area (TPSA) is 60.9 Å². The van der Waals surface area contributed by atoms with Crippen LogP contribution in [0.3, 0.4) is 0 Å². The predicted molar refractivity (Wildman–Crippen MR) is 79.1 cm³/mol. The number of anilines is 1. The van der Waals surface area contributed by atoms with Crippen LogP contribution in [-0.4, -0.2) is 47.6 Å². The molecule has 2 atom stereocenters. The van der Waals surface area contributed by atoms with Crippen molar-refractivity contribution in [3.63, 3.8) is 0 Å². The molecule has 1 aromatic rings. The number of carbonyl (C=O) groups excluding carboxylic acids is 2. The summed E-state index contributed by atoms with van der Waals surface area (Å²) in [5.41, 5.74) is 0.726. The molecule has 1 N–H and O–H groups in total. The lowest BCUT2D eigenvalue weighted by Gasteiger charge is -2.20. The molecule has 1 aromatic carbocycles. The number of benzene rings is 1. The Labute approximate surface area is 128 Å². The van der Waals surface area contributed by atoms with Crippen molar-refractivity contribution in [2.75, 3.05) is 24.5 Å². The van der Waals surface area contributed by atoms with E-state index in [1.807, 2.05) is 6.07 Å². The Morgan fingerprint density at radius 3 is 2.76 bits per heavy atom. The summed E-state index contributed by atoms with van der Waals surface area (Å²) in [6, 6.07) is 7.08. The van der Waals surface area contributed by atoms with Crippen molar-refractivity contribution in [1.29, 1.82) is 0 Å². The molecule has 112 valence electrons. The van der Waals surface area contributed by atoms with Crippen LogP contribution >= 0.6 is 11.6 Å². The number of β-amino-alcohol motifs (C(OH)–C–C–N with tert-alkyl or cyclic N) is 1. The van der Waals surface area contributed by atoms with Crippen molar-refractivity contribution >= 4 is 29.1 Å². The van der Waals surface area contributed by atoms with E-state index in [0.29, 0.717) is 37.5 Å². The summed E-state index contributed by atoms with van der Waals surface area (Å²) in [6.07, 6.45) is 0.635. The van der Waals surface area contributed by atoms with Crippen molar-refractivity contribution in [2.45, 2.75) is 18.9 Å². The maximum absolute atomic E-state index is 12.5. The molecule has 6 heteroatoms. The SMILES string of the molecule is O=C(C1CCN(c2cccc(Cl)c2)C1=O)N1CC[C@@H](O)C1. The minimum absolute atomic E-state index is 0.166. The molecule has 2 fully saturated rings. The quantitative estimate of drug-likeness (QED) is 0.837. The van der Waals surface area contributed by atoms with Gasteiger partial charge >= 0.3 is 0 Å². The van der Waals surface area contributed by atoms with Gasteiger partial charge in [0.1, 0.15) is 5.92 Å². The van der Waals surface area contributed by atoms with Crippen LogP contribution in [0.1, 0.15) is 12.8 Å². The van der Waals surface area contributed by atoms with E-state index in [9.17, 15) is 14.7 Å². The number of aliphatic hydroxyl groups excluding tert-OH is 1. The van der Waals surface area contributed by atoms with Crippen LogP contribution in [0, 0.1) is 5.92 Å². The third-order valence-corrected chi connectivity index (χ3v) is 4.33. The zero-order valence-corrected chi connectivity index (χ0v) is 12.3. The maximum atomic E-state index is 12.5. The average Bonchev–Trinajstić information content (AvgIpc) is 3.04. The first kappa shape index (κ1) is 14.4. The van der Waals surface area contributed by atoms with Crippen molar-refractivity contribution in [1.82, 2.24) is 4.90 Å². The molecule has 0 radical (unpaired) electrons. The molecule has 0 spiro atoms. The summed E-state index contributed by atoms with van der Waals surface area (Å²) in [5, 5.41) is 10.1. The summed E-state index contributed by atoms with van der Waals surface area (Å²) in [6.45, 7) is 1.38. The largest absolute Gasteiger partial charge is 0.391 e. The van der Waals surface area contributed by atoms with Crippen LogP contribution in [0.15, 0.2) is 24.3 Å². The van der Waals surface area contributed by atoms with Crippen molar-refractivity contribution in [3.05, 3.63) is 29.3 Å². The summed E-state index contributed by atoms with van der Waals surface area (Å²) in [5.74, 6) is -0.973. The van der Waals surface area contributed by atoms with Gasteiger partial charge in [0, 0.05) is 30.3 Å². The number of aliphatic hydroxyl groups is 1. The Balaban J connectivity index is 1.73. The fourth-order valence-corrected chi connectivity index (χ4v) is 3.16. The minimum atomic E-state index is -0.630. The lowest BCUT2D eigenvalue weighted by Crippen LogP contribution is -2.39. The molecular weight excluding hydrogens is 292 g/mol. The standard InChI is InChI=1S/C15H17ClN2O3/c16-10-2-1-3-11(8-10)18-7-5-13(15(18)21)14(20)17-6-4-12(19)9-17/h1-3,8,12-13,19H,4-7,9H2/t12-,13?/m1/s1. The van der Waals surface area contributed by atoms with Crippen LogP contribution in [-0.2, 0) is 9.59 Å². The monoisotopic (exact) mass is 308 g/mol. The van der Waals surface area contributed by atoms with E-state index in [2.05, 4.69) is 0 Å². The first-order valence-electron chi connectivity index (χ1n) is 7.10. The Kier molecular flexibility index (Phi) is 3.87. The number of rotatable bonds is 2. The summed E-state index contributed by atoms with van der Waals surface area (Å²) in [4.78, 5) is 28.1.